The Morgan fingerprint density at radius 3 is 2.12 bits per heavy atom. The minimum absolute atomic E-state index is 0.0377. The molecular weight excluding hydrogens is 514 g/mol. The molecule has 2 aromatic carbocycles. The zero-order valence-corrected chi connectivity index (χ0v) is 25.6. The first kappa shape index (κ1) is 31.1. The lowest BCUT2D eigenvalue weighted by molar-refractivity contribution is -0.162. The Kier molecular flexibility index (Phi) is 9.84. The highest BCUT2D eigenvalue weighted by Crippen LogP contribution is 2.55. The summed E-state index contributed by atoms with van der Waals surface area (Å²) in [6.07, 6.45) is 8.00. The number of aliphatic hydroxyl groups excluding tert-OH is 1. The molecule has 0 bridgehead atoms. The van der Waals surface area contributed by atoms with Crippen molar-refractivity contribution in [2.24, 2.45) is 17.3 Å². The van der Waals surface area contributed by atoms with E-state index in [1.165, 1.54) is 18.4 Å². The first-order valence-electron chi connectivity index (χ1n) is 15.5. The molecule has 0 aromatic heterocycles. The van der Waals surface area contributed by atoms with Crippen molar-refractivity contribution in [3.8, 4) is 5.75 Å². The van der Waals surface area contributed by atoms with Crippen molar-refractivity contribution in [3.63, 3.8) is 0 Å². The number of aromatic hydroxyl groups is 1. The number of fused-ring (bicyclic) bond motifs is 1. The number of ether oxygens (including phenoxy) is 1. The number of rotatable bonds is 6. The van der Waals surface area contributed by atoms with Crippen LogP contribution in [0.25, 0.3) is 0 Å². The third-order valence-corrected chi connectivity index (χ3v) is 9.08. The van der Waals surface area contributed by atoms with Crippen LogP contribution in [0.4, 0.5) is 0 Å². The molecule has 1 atom stereocenters. The predicted molar refractivity (Wildman–Crippen MR) is 162 cm³/mol. The molecule has 224 valence electrons. The summed E-state index contributed by atoms with van der Waals surface area (Å²) in [5.74, 6) is 1.04. The molecule has 1 spiro atoms. The van der Waals surface area contributed by atoms with Gasteiger partial charge < -0.3 is 19.8 Å². The standard InChI is InChI=1S/C31H41NO4.C4H8O/c1-6-32(7-2)28(34)22-13-11-21(12-14-22)25-20-31(19-24-9-8-10-26(33)27(24)25)17-15-23(16-18-31)29(35)36-30(3,4)5;5-3-4-1-2-4/h8-14,23,25,33H,6-7,15-20H2,1-5H3;4-5H,1-3H2. The van der Waals surface area contributed by atoms with E-state index in [0.717, 1.165) is 49.7 Å². The largest absolute Gasteiger partial charge is 0.508 e. The number of amides is 1. The fourth-order valence-corrected chi connectivity index (χ4v) is 6.54. The van der Waals surface area contributed by atoms with E-state index >= 15 is 0 Å². The van der Waals surface area contributed by atoms with Crippen molar-refractivity contribution in [3.05, 3.63) is 64.7 Å². The number of esters is 1. The van der Waals surface area contributed by atoms with Crippen LogP contribution in [0.5, 0.6) is 5.75 Å². The molecule has 6 nitrogen and oxygen atoms in total. The van der Waals surface area contributed by atoms with Crippen molar-refractivity contribution >= 4 is 11.9 Å². The van der Waals surface area contributed by atoms with Crippen LogP contribution < -0.4 is 0 Å². The molecule has 2 saturated carbocycles. The number of aliphatic hydroxyl groups is 1. The Bertz CT molecular complexity index is 1180. The Labute approximate surface area is 246 Å². The molecule has 3 aliphatic rings. The van der Waals surface area contributed by atoms with Gasteiger partial charge in [-0.15, -0.1) is 0 Å². The maximum absolute atomic E-state index is 12.8. The number of carbonyl (C=O) groups is 2. The third kappa shape index (κ3) is 7.71. The number of hydrogen-bond acceptors (Lipinski definition) is 5. The molecule has 0 radical (unpaired) electrons. The highest BCUT2D eigenvalue weighted by Gasteiger charge is 2.44. The molecule has 5 rings (SSSR count). The van der Waals surface area contributed by atoms with Crippen molar-refractivity contribution in [1.29, 1.82) is 0 Å². The lowest BCUT2D eigenvalue weighted by atomic mass is 9.58. The van der Waals surface area contributed by atoms with E-state index in [1.807, 2.05) is 57.7 Å². The van der Waals surface area contributed by atoms with Crippen molar-refractivity contribution in [2.45, 2.75) is 97.5 Å². The van der Waals surface area contributed by atoms with Crippen LogP contribution in [0, 0.1) is 17.3 Å². The van der Waals surface area contributed by atoms with Gasteiger partial charge in [-0.3, -0.25) is 9.59 Å². The number of benzene rings is 2. The minimum Gasteiger partial charge on any atom is -0.508 e. The molecule has 2 N–H and O–H groups in total. The number of phenolic OH excluding ortho intramolecular Hbond substituents is 1. The van der Waals surface area contributed by atoms with Crippen LogP contribution in [0.15, 0.2) is 42.5 Å². The lowest BCUT2D eigenvalue weighted by Gasteiger charge is -2.46. The summed E-state index contributed by atoms with van der Waals surface area (Å²) < 4.78 is 5.68. The van der Waals surface area contributed by atoms with Crippen LogP contribution in [0.2, 0.25) is 0 Å². The molecule has 0 saturated heterocycles. The van der Waals surface area contributed by atoms with Gasteiger partial charge in [-0.2, -0.15) is 0 Å². The van der Waals surface area contributed by atoms with Crippen molar-refractivity contribution < 1.29 is 24.5 Å². The summed E-state index contributed by atoms with van der Waals surface area (Å²) in [5.41, 5.74) is 3.67. The average Bonchev–Trinajstić information content (AvgIpc) is 3.78. The smallest absolute Gasteiger partial charge is 0.309 e. The maximum atomic E-state index is 12.8. The Hall–Kier alpha value is -2.86. The van der Waals surface area contributed by atoms with E-state index in [2.05, 4.69) is 18.2 Å². The van der Waals surface area contributed by atoms with E-state index < -0.39 is 5.60 Å². The summed E-state index contributed by atoms with van der Waals surface area (Å²) in [5, 5.41) is 19.1. The molecule has 6 heteroatoms. The second-order valence-corrected chi connectivity index (χ2v) is 13.3. The molecule has 3 aliphatic carbocycles. The summed E-state index contributed by atoms with van der Waals surface area (Å²) in [6, 6.07) is 13.8. The number of hydrogen-bond donors (Lipinski definition) is 2. The van der Waals surface area contributed by atoms with Crippen LogP contribution in [-0.2, 0) is 16.0 Å². The van der Waals surface area contributed by atoms with Gasteiger partial charge in [-0.1, -0.05) is 24.3 Å². The monoisotopic (exact) mass is 563 g/mol. The van der Waals surface area contributed by atoms with Gasteiger partial charge in [0.05, 0.1) is 5.92 Å². The van der Waals surface area contributed by atoms with Crippen LogP contribution in [0.1, 0.15) is 113 Å². The van der Waals surface area contributed by atoms with E-state index in [0.29, 0.717) is 36.9 Å². The normalized spacial score (nSPS) is 23.7. The highest BCUT2D eigenvalue weighted by molar-refractivity contribution is 5.94. The number of nitrogens with zero attached hydrogens (tertiary/aromatic N) is 1. The Morgan fingerprint density at radius 2 is 1.61 bits per heavy atom. The van der Waals surface area contributed by atoms with Gasteiger partial charge in [0.25, 0.3) is 5.91 Å². The van der Waals surface area contributed by atoms with E-state index in [-0.39, 0.29) is 29.1 Å². The average molecular weight is 564 g/mol. The van der Waals surface area contributed by atoms with Crippen LogP contribution in [-0.4, -0.2) is 52.3 Å². The van der Waals surface area contributed by atoms with Gasteiger partial charge in [-0.05, 0) is 127 Å². The first-order valence-corrected chi connectivity index (χ1v) is 15.5. The fourth-order valence-electron chi connectivity index (χ4n) is 6.54. The lowest BCUT2D eigenvalue weighted by Crippen LogP contribution is -2.38. The van der Waals surface area contributed by atoms with Gasteiger partial charge in [0.2, 0.25) is 0 Å². The first-order chi connectivity index (χ1) is 19.5. The van der Waals surface area contributed by atoms with Crippen LogP contribution >= 0.6 is 0 Å². The fraction of sp³-hybridized carbons (Fsp3) is 0.600. The highest BCUT2D eigenvalue weighted by atomic mass is 16.6. The van der Waals surface area contributed by atoms with Gasteiger partial charge >= 0.3 is 5.97 Å². The molecular formula is C35H49NO5. The van der Waals surface area contributed by atoms with E-state index in [4.69, 9.17) is 9.84 Å². The quantitative estimate of drug-likeness (QED) is 0.375. The molecule has 1 unspecified atom stereocenters. The molecule has 2 aromatic rings. The minimum atomic E-state index is -0.461. The molecule has 41 heavy (non-hydrogen) atoms. The van der Waals surface area contributed by atoms with Crippen molar-refractivity contribution in [1.82, 2.24) is 4.90 Å². The maximum Gasteiger partial charge on any atom is 0.309 e. The summed E-state index contributed by atoms with van der Waals surface area (Å²) in [6.45, 7) is 11.5. The van der Waals surface area contributed by atoms with Gasteiger partial charge in [-0.25, -0.2) is 0 Å². The zero-order valence-electron chi connectivity index (χ0n) is 25.6. The third-order valence-electron chi connectivity index (χ3n) is 9.08. The zero-order chi connectivity index (χ0) is 29.8. The number of phenols is 1. The van der Waals surface area contributed by atoms with Gasteiger partial charge in [0.1, 0.15) is 11.4 Å². The second-order valence-electron chi connectivity index (χ2n) is 13.3. The molecule has 2 fully saturated rings. The van der Waals surface area contributed by atoms with E-state index in [1.54, 1.807) is 6.07 Å². The summed E-state index contributed by atoms with van der Waals surface area (Å²) in [4.78, 5) is 27.3. The van der Waals surface area contributed by atoms with Gasteiger partial charge in [0.15, 0.2) is 0 Å². The SMILES string of the molecule is CCN(CC)C(=O)c1ccc(C2CC3(CCC(C(=O)OC(C)(C)C)CC3)Cc3cccc(O)c32)cc1.OCC1CC1. The molecule has 1 amide bonds. The Balaban J connectivity index is 0.000000699. The van der Waals surface area contributed by atoms with Crippen molar-refractivity contribution in [2.75, 3.05) is 19.7 Å². The number of carbonyl (C=O) groups excluding carboxylic acids is 2. The van der Waals surface area contributed by atoms with E-state index in [9.17, 15) is 14.7 Å². The Morgan fingerprint density at radius 1 is 0.976 bits per heavy atom. The molecule has 0 heterocycles. The topological polar surface area (TPSA) is 87.1 Å². The van der Waals surface area contributed by atoms with Crippen LogP contribution in [0.3, 0.4) is 0 Å². The molecule has 0 aliphatic heterocycles. The van der Waals surface area contributed by atoms with Gasteiger partial charge in [0, 0.05) is 36.7 Å². The predicted octanol–water partition coefficient (Wildman–Crippen LogP) is 6.86. The summed E-state index contributed by atoms with van der Waals surface area (Å²) >= 11 is 0. The summed E-state index contributed by atoms with van der Waals surface area (Å²) in [7, 11) is 0. The second kappa shape index (κ2) is 13.0.